The fourth-order valence-corrected chi connectivity index (χ4v) is 1.84. The van der Waals surface area contributed by atoms with Crippen LogP contribution in [-0.4, -0.2) is 25.0 Å². The highest BCUT2D eigenvalue weighted by molar-refractivity contribution is 5.18. The minimum absolute atomic E-state index is 0.500. The molecule has 2 heteroatoms. The Morgan fingerprint density at radius 3 is 2.43 bits per heavy atom. The molecule has 14 heavy (non-hydrogen) atoms. The summed E-state index contributed by atoms with van der Waals surface area (Å²) >= 11 is 0. The molecule has 0 aliphatic carbocycles. The SMILES string of the molecule is CC[C@H](c1ccccc1)N(C)CCN. The molecule has 2 nitrogen and oxygen atoms in total. The van der Waals surface area contributed by atoms with E-state index in [2.05, 4.69) is 49.2 Å². The van der Waals surface area contributed by atoms with E-state index in [-0.39, 0.29) is 0 Å². The molecule has 1 rings (SSSR count). The summed E-state index contributed by atoms with van der Waals surface area (Å²) in [6.07, 6.45) is 1.13. The van der Waals surface area contributed by atoms with E-state index in [4.69, 9.17) is 5.73 Å². The highest BCUT2D eigenvalue weighted by atomic mass is 15.1. The minimum atomic E-state index is 0.500. The molecule has 0 heterocycles. The van der Waals surface area contributed by atoms with Crippen molar-refractivity contribution in [2.45, 2.75) is 19.4 Å². The first-order chi connectivity index (χ1) is 6.79. The van der Waals surface area contributed by atoms with Crippen LogP contribution in [0.4, 0.5) is 0 Å². The van der Waals surface area contributed by atoms with Crippen molar-refractivity contribution in [3.8, 4) is 0 Å². The number of hydrogen-bond acceptors (Lipinski definition) is 2. The van der Waals surface area contributed by atoms with Crippen LogP contribution in [0.3, 0.4) is 0 Å². The zero-order valence-corrected chi connectivity index (χ0v) is 9.11. The van der Waals surface area contributed by atoms with Crippen LogP contribution in [0.25, 0.3) is 0 Å². The molecule has 2 N–H and O–H groups in total. The number of hydrogen-bond donors (Lipinski definition) is 1. The second-order valence-corrected chi connectivity index (χ2v) is 3.60. The van der Waals surface area contributed by atoms with Crippen LogP contribution in [0.15, 0.2) is 30.3 Å². The van der Waals surface area contributed by atoms with Gasteiger partial charge in [0.1, 0.15) is 0 Å². The quantitative estimate of drug-likeness (QED) is 0.773. The van der Waals surface area contributed by atoms with Crippen molar-refractivity contribution < 1.29 is 0 Å². The third kappa shape index (κ3) is 2.82. The molecule has 0 aliphatic rings. The Labute approximate surface area is 86.7 Å². The topological polar surface area (TPSA) is 29.3 Å². The van der Waals surface area contributed by atoms with Crippen LogP contribution < -0.4 is 5.73 Å². The summed E-state index contributed by atoms with van der Waals surface area (Å²) in [5.74, 6) is 0. The Morgan fingerprint density at radius 2 is 1.93 bits per heavy atom. The van der Waals surface area contributed by atoms with Gasteiger partial charge in [-0.2, -0.15) is 0 Å². The third-order valence-electron chi connectivity index (χ3n) is 2.58. The van der Waals surface area contributed by atoms with E-state index in [0.717, 1.165) is 19.5 Å². The fourth-order valence-electron chi connectivity index (χ4n) is 1.84. The Balaban J connectivity index is 2.71. The number of nitrogens with zero attached hydrogens (tertiary/aromatic N) is 1. The smallest absolute Gasteiger partial charge is 0.0342 e. The lowest BCUT2D eigenvalue weighted by Gasteiger charge is -2.26. The van der Waals surface area contributed by atoms with Crippen molar-refractivity contribution >= 4 is 0 Å². The summed E-state index contributed by atoms with van der Waals surface area (Å²) in [5.41, 5.74) is 6.94. The van der Waals surface area contributed by atoms with Crippen molar-refractivity contribution in [3.05, 3.63) is 35.9 Å². The summed E-state index contributed by atoms with van der Waals surface area (Å²) in [7, 11) is 2.13. The van der Waals surface area contributed by atoms with Crippen LogP contribution in [0, 0.1) is 0 Å². The Morgan fingerprint density at radius 1 is 1.29 bits per heavy atom. The minimum Gasteiger partial charge on any atom is -0.329 e. The summed E-state index contributed by atoms with van der Waals surface area (Å²) in [6.45, 7) is 3.89. The first-order valence-corrected chi connectivity index (χ1v) is 5.24. The zero-order chi connectivity index (χ0) is 10.4. The zero-order valence-electron chi connectivity index (χ0n) is 9.11. The molecule has 1 aromatic carbocycles. The fraction of sp³-hybridized carbons (Fsp3) is 0.500. The van der Waals surface area contributed by atoms with Gasteiger partial charge in [-0.25, -0.2) is 0 Å². The van der Waals surface area contributed by atoms with Crippen LogP contribution in [0.2, 0.25) is 0 Å². The van der Waals surface area contributed by atoms with Crippen molar-refractivity contribution in [3.63, 3.8) is 0 Å². The predicted octanol–water partition coefficient (Wildman–Crippen LogP) is 2.03. The highest BCUT2D eigenvalue weighted by Gasteiger charge is 2.13. The van der Waals surface area contributed by atoms with Gasteiger partial charge in [0.2, 0.25) is 0 Å². The molecule has 0 saturated heterocycles. The average molecular weight is 192 g/mol. The molecule has 0 spiro atoms. The maximum atomic E-state index is 5.56. The van der Waals surface area contributed by atoms with Gasteiger partial charge in [0.15, 0.2) is 0 Å². The molecular formula is C12H20N2. The van der Waals surface area contributed by atoms with Gasteiger partial charge >= 0.3 is 0 Å². The van der Waals surface area contributed by atoms with Gasteiger partial charge in [-0.15, -0.1) is 0 Å². The average Bonchev–Trinajstić information content (AvgIpc) is 2.21. The number of benzene rings is 1. The lowest BCUT2D eigenvalue weighted by atomic mass is 10.0. The van der Waals surface area contributed by atoms with Gasteiger partial charge < -0.3 is 5.73 Å². The van der Waals surface area contributed by atoms with Gasteiger partial charge in [-0.3, -0.25) is 4.90 Å². The molecule has 0 amide bonds. The van der Waals surface area contributed by atoms with Crippen LogP contribution in [-0.2, 0) is 0 Å². The van der Waals surface area contributed by atoms with E-state index in [1.54, 1.807) is 0 Å². The highest BCUT2D eigenvalue weighted by Crippen LogP contribution is 2.21. The lowest BCUT2D eigenvalue weighted by Crippen LogP contribution is -2.29. The molecule has 0 fully saturated rings. The lowest BCUT2D eigenvalue weighted by molar-refractivity contribution is 0.245. The van der Waals surface area contributed by atoms with Crippen molar-refractivity contribution in [1.82, 2.24) is 4.90 Å². The first kappa shape index (κ1) is 11.2. The standard InChI is InChI=1S/C12H20N2/c1-3-12(14(2)10-9-13)11-7-5-4-6-8-11/h4-8,12H,3,9-10,13H2,1-2H3/t12-/m1/s1. The predicted molar refractivity (Wildman–Crippen MR) is 61.2 cm³/mol. The molecule has 0 bridgehead atoms. The van der Waals surface area contributed by atoms with E-state index >= 15 is 0 Å². The largest absolute Gasteiger partial charge is 0.329 e. The summed E-state index contributed by atoms with van der Waals surface area (Å²) in [6, 6.07) is 11.1. The van der Waals surface area contributed by atoms with Crippen LogP contribution in [0.1, 0.15) is 24.9 Å². The van der Waals surface area contributed by atoms with Gasteiger partial charge in [0.25, 0.3) is 0 Å². The summed E-state index contributed by atoms with van der Waals surface area (Å²) in [4.78, 5) is 2.31. The van der Waals surface area contributed by atoms with E-state index < -0.39 is 0 Å². The normalized spacial score (nSPS) is 13.1. The Bertz CT molecular complexity index is 246. The van der Waals surface area contributed by atoms with Gasteiger partial charge in [-0.05, 0) is 19.0 Å². The molecule has 0 saturated carbocycles. The van der Waals surface area contributed by atoms with Crippen molar-refractivity contribution in [2.75, 3.05) is 20.1 Å². The summed E-state index contributed by atoms with van der Waals surface area (Å²) in [5, 5.41) is 0. The number of nitrogens with two attached hydrogens (primary N) is 1. The molecule has 78 valence electrons. The Kier molecular flexibility index (Phi) is 4.63. The molecule has 0 aliphatic heterocycles. The maximum absolute atomic E-state index is 5.56. The molecule has 1 atom stereocenters. The molecular weight excluding hydrogens is 172 g/mol. The first-order valence-electron chi connectivity index (χ1n) is 5.24. The second-order valence-electron chi connectivity index (χ2n) is 3.60. The van der Waals surface area contributed by atoms with E-state index in [1.807, 2.05) is 0 Å². The van der Waals surface area contributed by atoms with Crippen molar-refractivity contribution in [2.24, 2.45) is 5.73 Å². The Hall–Kier alpha value is -0.860. The second kappa shape index (κ2) is 5.78. The molecule has 1 aromatic rings. The number of likely N-dealkylation sites (N-methyl/N-ethyl adjacent to an activating group) is 1. The van der Waals surface area contributed by atoms with E-state index in [9.17, 15) is 0 Å². The van der Waals surface area contributed by atoms with Crippen LogP contribution >= 0.6 is 0 Å². The van der Waals surface area contributed by atoms with Crippen molar-refractivity contribution in [1.29, 1.82) is 0 Å². The molecule has 0 aromatic heterocycles. The van der Waals surface area contributed by atoms with Gasteiger partial charge in [0, 0.05) is 19.1 Å². The maximum Gasteiger partial charge on any atom is 0.0342 e. The van der Waals surface area contributed by atoms with E-state index in [0.29, 0.717) is 6.04 Å². The monoisotopic (exact) mass is 192 g/mol. The van der Waals surface area contributed by atoms with Crippen LogP contribution in [0.5, 0.6) is 0 Å². The number of rotatable bonds is 5. The van der Waals surface area contributed by atoms with E-state index in [1.165, 1.54) is 5.56 Å². The molecule has 0 unspecified atom stereocenters. The van der Waals surface area contributed by atoms with Gasteiger partial charge in [-0.1, -0.05) is 37.3 Å². The molecule has 0 radical (unpaired) electrons. The third-order valence-corrected chi connectivity index (χ3v) is 2.58. The summed E-state index contributed by atoms with van der Waals surface area (Å²) < 4.78 is 0. The van der Waals surface area contributed by atoms with Gasteiger partial charge in [0.05, 0.1) is 0 Å².